The van der Waals surface area contributed by atoms with Crippen LogP contribution in [0.25, 0.3) is 0 Å². The number of ether oxygens (including phenoxy) is 1. The second kappa shape index (κ2) is 19.0. The Bertz CT molecular complexity index is 1290. The van der Waals surface area contributed by atoms with Gasteiger partial charge in [-0.2, -0.15) is 5.06 Å². The third kappa shape index (κ3) is 9.67. The van der Waals surface area contributed by atoms with Gasteiger partial charge < -0.3 is 30.5 Å². The molecule has 7 rings (SSSR count). The van der Waals surface area contributed by atoms with Crippen molar-refractivity contribution in [1.82, 2.24) is 20.6 Å². The Kier molecular flexibility index (Phi) is 15.0. The summed E-state index contributed by atoms with van der Waals surface area (Å²) in [5, 5.41) is 30.4. The zero-order chi connectivity index (χ0) is 40.5. The lowest BCUT2D eigenvalue weighted by Crippen LogP contribution is -2.62. The van der Waals surface area contributed by atoms with E-state index in [2.05, 4.69) is 64.2 Å². The van der Waals surface area contributed by atoms with Gasteiger partial charge in [0.05, 0.1) is 18.8 Å². The molecule has 10 nitrogen and oxygen atoms in total. The molecule has 10 heteroatoms. The lowest BCUT2D eigenvalue weighted by atomic mass is 9.45. The fourth-order valence-corrected chi connectivity index (χ4v) is 13.3. The van der Waals surface area contributed by atoms with Gasteiger partial charge >= 0.3 is 0 Å². The molecular weight excluding hydrogens is 705 g/mol. The fourth-order valence-electron chi connectivity index (χ4n) is 13.3. The summed E-state index contributed by atoms with van der Waals surface area (Å²) in [7, 11) is 6.15. The molecule has 0 spiro atoms. The number of rotatable bonds is 15. The number of hydrogen-bond acceptors (Lipinski definition) is 8. The van der Waals surface area contributed by atoms with Gasteiger partial charge in [-0.1, -0.05) is 73.1 Å². The molecule has 4 N–H and O–H groups in total. The number of carbonyl (C=O) groups excluding carboxylic acids is 2. The Balaban J connectivity index is 1.15. The monoisotopic (exact) mass is 787 g/mol. The van der Waals surface area contributed by atoms with E-state index in [1.807, 2.05) is 12.2 Å². The average molecular weight is 787 g/mol. The molecule has 0 aromatic carbocycles. The van der Waals surface area contributed by atoms with Crippen molar-refractivity contribution in [1.29, 1.82) is 0 Å². The Hall–Kier alpha value is -1.30. The van der Waals surface area contributed by atoms with Gasteiger partial charge in [-0.3, -0.25) is 14.4 Å². The highest BCUT2D eigenvalue weighted by atomic mass is 16.7. The summed E-state index contributed by atoms with van der Waals surface area (Å²) in [4.78, 5) is 37.4. The molecule has 6 aliphatic carbocycles. The van der Waals surface area contributed by atoms with E-state index in [-0.39, 0.29) is 48.4 Å². The number of nitrogens with one attached hydrogen (secondary N) is 2. The predicted molar refractivity (Wildman–Crippen MR) is 221 cm³/mol. The van der Waals surface area contributed by atoms with Crippen molar-refractivity contribution in [2.24, 2.45) is 64.6 Å². The van der Waals surface area contributed by atoms with E-state index < -0.39 is 24.2 Å². The van der Waals surface area contributed by atoms with Crippen molar-refractivity contribution in [3.05, 3.63) is 0 Å². The number of aliphatic hydroxyl groups excluding tert-OH is 2. The molecule has 1 aliphatic heterocycles. The second-order valence-electron chi connectivity index (χ2n) is 21.2. The van der Waals surface area contributed by atoms with Crippen molar-refractivity contribution >= 4 is 11.8 Å². The molecule has 2 bridgehead atoms. The summed E-state index contributed by atoms with van der Waals surface area (Å²) in [6.45, 7) is 13.5. The minimum absolute atomic E-state index is 0.0223. The molecule has 6 saturated carbocycles. The maximum absolute atomic E-state index is 14.4. The van der Waals surface area contributed by atoms with Crippen molar-refractivity contribution in [2.45, 2.75) is 180 Å². The Morgan fingerprint density at radius 2 is 1.70 bits per heavy atom. The molecule has 0 radical (unpaired) electrons. The van der Waals surface area contributed by atoms with E-state index in [0.29, 0.717) is 53.5 Å². The van der Waals surface area contributed by atoms with Crippen LogP contribution in [0.2, 0.25) is 0 Å². The van der Waals surface area contributed by atoms with Gasteiger partial charge in [0.25, 0.3) is 0 Å². The minimum atomic E-state index is -0.822. The SMILES string of the molecule is COC1C(CN2O[C@@H](CO)[C@H]([C@H](C)O)[C@H]2C(=O)N[C@H]2C[C@H]3C[C@@H]([C@@H]2C)C3(C)C)CCCC1C1CC(C(=O)NC(CC(C)C)CC2CCCCC2)CC(N(C)C)C1. The smallest absolute Gasteiger partial charge is 0.240 e. The second-order valence-corrected chi connectivity index (χ2v) is 21.2. The topological polar surface area (TPSA) is 124 Å². The van der Waals surface area contributed by atoms with Crippen molar-refractivity contribution in [3.63, 3.8) is 0 Å². The van der Waals surface area contributed by atoms with Crippen LogP contribution in [0, 0.1) is 64.6 Å². The molecule has 56 heavy (non-hydrogen) atoms. The van der Waals surface area contributed by atoms with Crippen LogP contribution >= 0.6 is 0 Å². The first kappa shape index (κ1) is 44.3. The molecular formula is C46H82N4O6. The molecule has 1 saturated heterocycles. The molecule has 7 unspecified atom stereocenters. The summed E-state index contributed by atoms with van der Waals surface area (Å²) in [5.41, 5.74) is 0.319. The van der Waals surface area contributed by atoms with Crippen LogP contribution in [-0.4, -0.2) is 109 Å². The maximum atomic E-state index is 14.4. The van der Waals surface area contributed by atoms with Crippen LogP contribution in [0.3, 0.4) is 0 Å². The number of carbonyl (C=O) groups is 2. The third-order valence-electron chi connectivity index (χ3n) is 16.6. The Morgan fingerprint density at radius 1 is 0.964 bits per heavy atom. The molecule has 0 aromatic rings. The number of hydroxylamine groups is 2. The molecule has 0 aromatic heterocycles. The van der Waals surface area contributed by atoms with Crippen LogP contribution in [0.4, 0.5) is 0 Å². The Morgan fingerprint density at radius 3 is 2.30 bits per heavy atom. The number of amides is 2. The van der Waals surface area contributed by atoms with Gasteiger partial charge in [-0.25, -0.2) is 0 Å². The van der Waals surface area contributed by atoms with Crippen molar-refractivity contribution in [2.75, 3.05) is 34.4 Å². The molecule has 1 heterocycles. The first-order valence-electron chi connectivity index (χ1n) is 23.1. The Labute approximate surface area is 340 Å². The fraction of sp³-hybridized carbons (Fsp3) is 0.957. The first-order valence-corrected chi connectivity index (χ1v) is 23.1. The van der Waals surface area contributed by atoms with Gasteiger partial charge in [0.1, 0.15) is 12.1 Å². The standard InChI is InChI=1S/C46H82N4O6/c1-27(2)18-35(19-30-14-11-10-12-15-30)47-44(53)33-20-32(21-36(22-33)49(7)8)37-17-13-16-31(43(37)55-9)25-50-42(41(29(4)52)40(26-51)56-50)45(54)48-39-24-34-23-38(28(39)3)46(34,5)6/h27-43,51-52H,10-26H2,1-9H3,(H,47,53)(H,48,54)/t28-,29-,31?,32?,33?,34+,35?,36?,37?,38-,39-,40-,41-,42-,43?/m0/s1. The van der Waals surface area contributed by atoms with Gasteiger partial charge in [-0.05, 0) is 126 Å². The van der Waals surface area contributed by atoms with E-state index in [4.69, 9.17) is 9.57 Å². The van der Waals surface area contributed by atoms with Gasteiger partial charge in [-0.15, -0.1) is 0 Å². The summed E-state index contributed by atoms with van der Waals surface area (Å²) < 4.78 is 6.46. The van der Waals surface area contributed by atoms with Crippen LogP contribution in [-0.2, 0) is 19.2 Å². The number of fused-ring (bicyclic) bond motifs is 2. The van der Waals surface area contributed by atoms with Crippen molar-refractivity contribution in [3.8, 4) is 0 Å². The molecule has 2 amide bonds. The largest absolute Gasteiger partial charge is 0.394 e. The van der Waals surface area contributed by atoms with E-state index in [1.165, 1.54) is 38.5 Å². The zero-order valence-corrected chi connectivity index (χ0v) is 36.8. The summed E-state index contributed by atoms with van der Waals surface area (Å²) >= 11 is 0. The maximum Gasteiger partial charge on any atom is 0.240 e. The lowest BCUT2D eigenvalue weighted by molar-refractivity contribution is -0.193. The summed E-state index contributed by atoms with van der Waals surface area (Å²) in [6.07, 6.45) is 15.3. The van der Waals surface area contributed by atoms with Gasteiger partial charge in [0, 0.05) is 49.5 Å². The van der Waals surface area contributed by atoms with Crippen LogP contribution in [0.5, 0.6) is 0 Å². The van der Waals surface area contributed by atoms with E-state index >= 15 is 0 Å². The highest BCUT2D eigenvalue weighted by Gasteiger charge is 2.58. The quantitative estimate of drug-likeness (QED) is 0.150. The first-order chi connectivity index (χ1) is 26.6. The van der Waals surface area contributed by atoms with E-state index in [1.54, 1.807) is 6.92 Å². The summed E-state index contributed by atoms with van der Waals surface area (Å²) in [6, 6.07) is -0.0251. The lowest BCUT2D eigenvalue weighted by Gasteiger charge is -2.62. The van der Waals surface area contributed by atoms with Crippen LogP contribution in [0.1, 0.15) is 138 Å². The summed E-state index contributed by atoms with van der Waals surface area (Å²) in [5.74, 6) is 3.21. The molecule has 7 aliphatic rings. The zero-order valence-electron chi connectivity index (χ0n) is 36.8. The molecule has 322 valence electrons. The number of nitrogens with zero attached hydrogens (tertiary/aromatic N) is 2. The highest BCUT2D eigenvalue weighted by Crippen LogP contribution is 2.61. The van der Waals surface area contributed by atoms with Crippen molar-refractivity contribution < 1.29 is 29.4 Å². The molecule has 15 atom stereocenters. The average Bonchev–Trinajstić information content (AvgIpc) is 3.53. The molecule has 7 fully saturated rings. The highest BCUT2D eigenvalue weighted by molar-refractivity contribution is 5.83. The van der Waals surface area contributed by atoms with Gasteiger partial charge in [0.2, 0.25) is 11.8 Å². The number of hydrogen-bond donors (Lipinski definition) is 4. The number of aliphatic hydroxyl groups is 2. The van der Waals surface area contributed by atoms with E-state index in [9.17, 15) is 19.8 Å². The van der Waals surface area contributed by atoms with Gasteiger partial charge in [0.15, 0.2) is 0 Å². The number of methoxy groups -OCH3 is 1. The normalized spacial score (nSPS) is 40.3. The van der Waals surface area contributed by atoms with Crippen LogP contribution < -0.4 is 10.6 Å². The third-order valence-corrected chi connectivity index (χ3v) is 16.6. The van der Waals surface area contributed by atoms with Crippen LogP contribution in [0.15, 0.2) is 0 Å². The minimum Gasteiger partial charge on any atom is -0.394 e. The van der Waals surface area contributed by atoms with E-state index in [0.717, 1.165) is 63.7 Å². The predicted octanol–water partition coefficient (Wildman–Crippen LogP) is 6.43.